The van der Waals surface area contributed by atoms with Crippen LogP contribution >= 0.6 is 0 Å². The summed E-state index contributed by atoms with van der Waals surface area (Å²) in [6, 6.07) is 2.17. The number of hydrogen-bond donors (Lipinski definition) is 0. The van der Waals surface area contributed by atoms with Crippen LogP contribution in [0.4, 0.5) is 5.82 Å². The molecule has 148 valence electrons. The average Bonchev–Trinajstić information content (AvgIpc) is 3.24. The zero-order chi connectivity index (χ0) is 19.3. The third kappa shape index (κ3) is 3.37. The lowest BCUT2D eigenvalue weighted by Crippen LogP contribution is -2.46. The normalized spacial score (nSPS) is 18.9. The van der Waals surface area contributed by atoms with Crippen LogP contribution in [0.5, 0.6) is 0 Å². The molecule has 1 saturated carbocycles. The van der Waals surface area contributed by atoms with Crippen LogP contribution in [0.3, 0.4) is 0 Å². The fraction of sp³-hybridized carbons (Fsp3) is 0.600. The van der Waals surface area contributed by atoms with Crippen molar-refractivity contribution in [2.24, 2.45) is 0 Å². The van der Waals surface area contributed by atoms with E-state index in [4.69, 9.17) is 9.52 Å². The number of aromatic nitrogens is 5. The van der Waals surface area contributed by atoms with Crippen LogP contribution < -0.4 is 4.90 Å². The van der Waals surface area contributed by atoms with Crippen molar-refractivity contribution < 1.29 is 4.42 Å². The maximum Gasteiger partial charge on any atom is 0.230 e. The van der Waals surface area contributed by atoms with Gasteiger partial charge >= 0.3 is 0 Å². The summed E-state index contributed by atoms with van der Waals surface area (Å²) in [6.45, 7) is 11.0. The van der Waals surface area contributed by atoms with Crippen molar-refractivity contribution in [2.45, 2.75) is 51.5 Å². The van der Waals surface area contributed by atoms with E-state index < -0.39 is 0 Å². The van der Waals surface area contributed by atoms with Crippen molar-refractivity contribution in [2.75, 3.05) is 31.1 Å². The summed E-state index contributed by atoms with van der Waals surface area (Å²) in [5.74, 6) is 3.08. The number of rotatable bonds is 4. The Morgan fingerprint density at radius 1 is 1.11 bits per heavy atom. The Kier molecular flexibility index (Phi) is 4.12. The molecule has 1 saturated heterocycles. The van der Waals surface area contributed by atoms with Crippen LogP contribution in [0.2, 0.25) is 0 Å². The Hall–Kier alpha value is -2.48. The van der Waals surface area contributed by atoms with Gasteiger partial charge in [0.1, 0.15) is 5.52 Å². The molecule has 1 aliphatic carbocycles. The molecule has 5 rings (SSSR count). The highest BCUT2D eigenvalue weighted by atomic mass is 16.4. The molecule has 8 heteroatoms. The van der Waals surface area contributed by atoms with Crippen LogP contribution in [0.25, 0.3) is 5.52 Å². The lowest BCUT2D eigenvalue weighted by molar-refractivity contribution is 0.224. The number of hydrogen-bond acceptors (Lipinski definition) is 7. The summed E-state index contributed by atoms with van der Waals surface area (Å²) in [4.78, 5) is 9.39. The van der Waals surface area contributed by atoms with Crippen molar-refractivity contribution >= 4 is 11.3 Å². The second kappa shape index (κ2) is 6.55. The van der Waals surface area contributed by atoms with E-state index in [9.17, 15) is 0 Å². The predicted molar refractivity (Wildman–Crippen MR) is 105 cm³/mol. The van der Waals surface area contributed by atoms with Gasteiger partial charge in [0.25, 0.3) is 0 Å². The van der Waals surface area contributed by atoms with Gasteiger partial charge in [-0.1, -0.05) is 20.8 Å². The van der Waals surface area contributed by atoms with E-state index >= 15 is 0 Å². The summed E-state index contributed by atoms with van der Waals surface area (Å²) in [6.07, 6.45) is 6.14. The zero-order valence-corrected chi connectivity index (χ0v) is 16.8. The molecule has 0 bridgehead atoms. The SMILES string of the molecule is CC(C)(C)c1cc2c(N3CCN(Cc4nnc(C5CC5)o4)CC3)nccn2n1. The van der Waals surface area contributed by atoms with Crippen molar-refractivity contribution in [3.05, 3.63) is 35.9 Å². The van der Waals surface area contributed by atoms with E-state index in [2.05, 4.69) is 51.8 Å². The van der Waals surface area contributed by atoms with Crippen LogP contribution in [-0.2, 0) is 12.0 Å². The fourth-order valence-electron chi connectivity index (χ4n) is 3.65. The first-order chi connectivity index (χ1) is 13.5. The van der Waals surface area contributed by atoms with Gasteiger partial charge in [0.2, 0.25) is 11.8 Å². The molecule has 3 aromatic rings. The molecule has 3 aromatic heterocycles. The molecule has 2 aliphatic rings. The Morgan fingerprint density at radius 2 is 1.89 bits per heavy atom. The second-order valence-electron chi connectivity index (χ2n) is 8.93. The first-order valence-electron chi connectivity index (χ1n) is 10.1. The fourth-order valence-corrected chi connectivity index (χ4v) is 3.65. The minimum Gasteiger partial charge on any atom is -0.424 e. The van der Waals surface area contributed by atoms with Gasteiger partial charge in [0.15, 0.2) is 5.82 Å². The van der Waals surface area contributed by atoms with E-state index in [1.54, 1.807) is 0 Å². The molecule has 0 unspecified atom stereocenters. The van der Waals surface area contributed by atoms with Crippen molar-refractivity contribution in [1.29, 1.82) is 0 Å². The standard InChI is InChI=1S/C20H27N7O/c1-20(2,3)16-12-15-18(21-6-7-27(15)24-16)26-10-8-25(9-11-26)13-17-22-23-19(28-17)14-4-5-14/h6-7,12,14H,4-5,8-11,13H2,1-3H3. The molecule has 0 aromatic carbocycles. The number of fused-ring (bicyclic) bond motifs is 1. The molecular weight excluding hydrogens is 354 g/mol. The smallest absolute Gasteiger partial charge is 0.230 e. The van der Waals surface area contributed by atoms with Crippen LogP contribution in [0.1, 0.15) is 57.0 Å². The third-order valence-electron chi connectivity index (χ3n) is 5.58. The van der Waals surface area contributed by atoms with Crippen LogP contribution in [0, 0.1) is 0 Å². The van der Waals surface area contributed by atoms with Crippen LogP contribution in [0.15, 0.2) is 22.9 Å². The first-order valence-corrected chi connectivity index (χ1v) is 10.1. The summed E-state index contributed by atoms with van der Waals surface area (Å²) in [5, 5.41) is 13.2. The van der Waals surface area contributed by atoms with Crippen molar-refractivity contribution in [3.63, 3.8) is 0 Å². The van der Waals surface area contributed by atoms with E-state index in [0.717, 1.165) is 61.5 Å². The summed E-state index contributed by atoms with van der Waals surface area (Å²) in [7, 11) is 0. The van der Waals surface area contributed by atoms with E-state index in [0.29, 0.717) is 5.92 Å². The number of anilines is 1. The van der Waals surface area contributed by atoms with Gasteiger partial charge < -0.3 is 9.32 Å². The minimum atomic E-state index is 0.0192. The van der Waals surface area contributed by atoms with Gasteiger partial charge in [-0.15, -0.1) is 10.2 Å². The highest BCUT2D eigenvalue weighted by Gasteiger charge is 2.30. The largest absolute Gasteiger partial charge is 0.424 e. The second-order valence-corrected chi connectivity index (χ2v) is 8.93. The number of nitrogens with zero attached hydrogens (tertiary/aromatic N) is 7. The third-order valence-corrected chi connectivity index (χ3v) is 5.58. The van der Waals surface area contributed by atoms with Crippen LogP contribution in [-0.4, -0.2) is 55.9 Å². The summed E-state index contributed by atoms with van der Waals surface area (Å²) in [5.41, 5.74) is 2.18. The summed E-state index contributed by atoms with van der Waals surface area (Å²) < 4.78 is 7.76. The highest BCUT2D eigenvalue weighted by molar-refractivity contribution is 5.69. The van der Waals surface area contributed by atoms with E-state index in [-0.39, 0.29) is 5.41 Å². The van der Waals surface area contributed by atoms with Crippen molar-refractivity contribution in [1.82, 2.24) is 29.7 Å². The lowest BCUT2D eigenvalue weighted by Gasteiger charge is -2.34. The molecule has 0 atom stereocenters. The quantitative estimate of drug-likeness (QED) is 0.687. The monoisotopic (exact) mass is 381 g/mol. The molecule has 2 fully saturated rings. The van der Waals surface area contributed by atoms with Gasteiger partial charge in [-0.2, -0.15) is 5.10 Å². The predicted octanol–water partition coefficient (Wildman–Crippen LogP) is 2.61. The van der Waals surface area contributed by atoms with E-state index in [1.165, 1.54) is 12.8 Å². The Labute approximate surface area is 164 Å². The maximum atomic E-state index is 5.81. The van der Waals surface area contributed by atoms with Gasteiger partial charge in [-0.05, 0) is 18.9 Å². The molecule has 8 nitrogen and oxygen atoms in total. The van der Waals surface area contributed by atoms with Crippen molar-refractivity contribution in [3.8, 4) is 0 Å². The van der Waals surface area contributed by atoms with Gasteiger partial charge in [-0.25, -0.2) is 9.50 Å². The topological polar surface area (TPSA) is 75.6 Å². The van der Waals surface area contributed by atoms with Gasteiger partial charge in [-0.3, -0.25) is 4.90 Å². The molecule has 1 aliphatic heterocycles. The van der Waals surface area contributed by atoms with Gasteiger partial charge in [0.05, 0.1) is 12.2 Å². The Morgan fingerprint density at radius 3 is 2.61 bits per heavy atom. The molecule has 28 heavy (non-hydrogen) atoms. The molecule has 0 amide bonds. The lowest BCUT2D eigenvalue weighted by atomic mass is 9.92. The zero-order valence-electron chi connectivity index (χ0n) is 16.8. The average molecular weight is 381 g/mol. The highest BCUT2D eigenvalue weighted by Crippen LogP contribution is 2.39. The molecule has 0 spiro atoms. The first kappa shape index (κ1) is 17.6. The van der Waals surface area contributed by atoms with E-state index in [1.807, 2.05) is 16.9 Å². The van der Waals surface area contributed by atoms with Gasteiger partial charge in [0, 0.05) is 49.9 Å². The molecular formula is C20H27N7O. The Balaban J connectivity index is 1.27. The molecule has 0 radical (unpaired) electrons. The maximum absolute atomic E-state index is 5.81. The number of piperazine rings is 1. The molecule has 0 N–H and O–H groups in total. The summed E-state index contributed by atoms with van der Waals surface area (Å²) >= 11 is 0. The minimum absolute atomic E-state index is 0.0192. The molecule has 4 heterocycles. The Bertz CT molecular complexity index is 974.